The molecule has 1 aliphatic rings. The second-order valence-electron chi connectivity index (χ2n) is 6.78. The molecule has 0 saturated carbocycles. The van der Waals surface area contributed by atoms with Gasteiger partial charge in [0.15, 0.2) is 0 Å². The molecular weight excluding hydrogens is 374 g/mol. The Morgan fingerprint density at radius 2 is 1.52 bits per heavy atom. The number of nitrogens with one attached hydrogen (secondary N) is 3. The van der Waals surface area contributed by atoms with Crippen LogP contribution in [-0.2, 0) is 16.1 Å². The first-order valence-electron chi connectivity index (χ1n) is 9.48. The molecule has 1 aromatic heterocycles. The van der Waals surface area contributed by atoms with Gasteiger partial charge in [0.05, 0.1) is 25.9 Å². The second-order valence-corrected chi connectivity index (χ2v) is 6.78. The lowest BCUT2D eigenvalue weighted by atomic mass is 10.3. The van der Waals surface area contributed by atoms with Crippen LogP contribution in [0.15, 0.2) is 53.1 Å². The van der Waals surface area contributed by atoms with Crippen LogP contribution in [0, 0.1) is 0 Å². The molecule has 1 aliphatic heterocycles. The van der Waals surface area contributed by atoms with Crippen molar-refractivity contribution in [3.8, 4) is 0 Å². The van der Waals surface area contributed by atoms with E-state index >= 15 is 0 Å². The molecule has 29 heavy (non-hydrogen) atoms. The summed E-state index contributed by atoms with van der Waals surface area (Å²) < 4.78 is 5.11. The van der Waals surface area contributed by atoms with Gasteiger partial charge < -0.3 is 15.1 Å². The molecule has 3 rings (SSSR count). The number of imide groups is 1. The summed E-state index contributed by atoms with van der Waals surface area (Å²) >= 11 is 0. The molecule has 0 radical (unpaired) electrons. The van der Waals surface area contributed by atoms with Crippen LogP contribution in [0.2, 0.25) is 0 Å². The number of carbonyl (C=O) groups is 3. The maximum absolute atomic E-state index is 12.1. The fraction of sp³-hybridized carbons (Fsp3) is 0.350. The van der Waals surface area contributed by atoms with Crippen molar-refractivity contribution >= 4 is 23.5 Å². The molecule has 0 atom stereocenters. The van der Waals surface area contributed by atoms with E-state index in [0.717, 1.165) is 5.69 Å². The average Bonchev–Trinajstić information content (AvgIpc) is 3.22. The van der Waals surface area contributed by atoms with Crippen molar-refractivity contribution in [2.75, 3.05) is 44.6 Å². The summed E-state index contributed by atoms with van der Waals surface area (Å²) in [5, 5.41) is 7.74. The molecular formula is C20H25N5O4. The fourth-order valence-corrected chi connectivity index (χ4v) is 3.02. The molecule has 9 heteroatoms. The number of anilines is 1. The zero-order valence-corrected chi connectivity index (χ0v) is 16.1. The highest BCUT2D eigenvalue weighted by molar-refractivity contribution is 5.95. The van der Waals surface area contributed by atoms with E-state index in [-0.39, 0.29) is 24.9 Å². The SMILES string of the molecule is O=C(CN1CCN(CC(=O)Nc2ccccc2)CC1)NC(=O)NCc1ccco1. The van der Waals surface area contributed by atoms with Crippen LogP contribution in [0.1, 0.15) is 5.76 Å². The normalized spacial score (nSPS) is 14.9. The van der Waals surface area contributed by atoms with Gasteiger partial charge in [-0.3, -0.25) is 24.7 Å². The number of carbonyl (C=O) groups excluding carboxylic acids is 3. The number of hydrogen-bond acceptors (Lipinski definition) is 6. The lowest BCUT2D eigenvalue weighted by Gasteiger charge is -2.33. The number of furan rings is 1. The van der Waals surface area contributed by atoms with Gasteiger partial charge in [0.25, 0.3) is 0 Å². The van der Waals surface area contributed by atoms with Crippen molar-refractivity contribution < 1.29 is 18.8 Å². The Morgan fingerprint density at radius 3 is 2.14 bits per heavy atom. The summed E-state index contributed by atoms with van der Waals surface area (Å²) in [4.78, 5) is 39.9. The van der Waals surface area contributed by atoms with Crippen LogP contribution in [0.25, 0.3) is 0 Å². The van der Waals surface area contributed by atoms with Crippen LogP contribution >= 0.6 is 0 Å². The topological polar surface area (TPSA) is 107 Å². The molecule has 9 nitrogen and oxygen atoms in total. The molecule has 1 fully saturated rings. The number of amides is 4. The molecule has 4 amide bonds. The molecule has 2 aromatic rings. The zero-order chi connectivity index (χ0) is 20.5. The maximum Gasteiger partial charge on any atom is 0.321 e. The number of nitrogens with zero attached hydrogens (tertiary/aromatic N) is 2. The summed E-state index contributed by atoms with van der Waals surface area (Å²) in [6, 6.07) is 12.2. The number of urea groups is 1. The highest BCUT2D eigenvalue weighted by atomic mass is 16.3. The van der Waals surface area contributed by atoms with E-state index < -0.39 is 6.03 Å². The largest absolute Gasteiger partial charge is 0.467 e. The van der Waals surface area contributed by atoms with Gasteiger partial charge in [0.2, 0.25) is 11.8 Å². The van der Waals surface area contributed by atoms with E-state index in [0.29, 0.717) is 38.5 Å². The molecule has 3 N–H and O–H groups in total. The van der Waals surface area contributed by atoms with Crippen molar-refractivity contribution in [2.24, 2.45) is 0 Å². The fourth-order valence-electron chi connectivity index (χ4n) is 3.02. The van der Waals surface area contributed by atoms with E-state index in [1.807, 2.05) is 40.1 Å². The minimum Gasteiger partial charge on any atom is -0.467 e. The Kier molecular flexibility index (Phi) is 7.37. The smallest absolute Gasteiger partial charge is 0.321 e. The van der Waals surface area contributed by atoms with E-state index in [1.165, 1.54) is 6.26 Å². The van der Waals surface area contributed by atoms with E-state index in [4.69, 9.17) is 4.42 Å². The first-order valence-corrected chi connectivity index (χ1v) is 9.48. The van der Waals surface area contributed by atoms with Crippen LogP contribution in [-0.4, -0.2) is 66.9 Å². The first kappa shape index (κ1) is 20.6. The number of rotatable bonds is 7. The van der Waals surface area contributed by atoms with Crippen LogP contribution in [0.4, 0.5) is 10.5 Å². The van der Waals surface area contributed by atoms with Crippen LogP contribution in [0.3, 0.4) is 0 Å². The molecule has 0 spiro atoms. The molecule has 0 aliphatic carbocycles. The highest BCUT2D eigenvalue weighted by Crippen LogP contribution is 2.06. The standard InChI is InChI=1S/C20H25N5O4/c26-18(22-16-5-2-1-3-6-16)14-24-8-10-25(11-9-24)15-19(27)23-20(28)21-13-17-7-4-12-29-17/h1-7,12H,8-11,13-15H2,(H,22,26)(H2,21,23,27,28). The van der Waals surface area contributed by atoms with Gasteiger partial charge in [-0.15, -0.1) is 0 Å². The van der Waals surface area contributed by atoms with Gasteiger partial charge in [0.1, 0.15) is 5.76 Å². The van der Waals surface area contributed by atoms with Crippen LogP contribution in [0.5, 0.6) is 0 Å². The molecule has 0 unspecified atom stereocenters. The maximum atomic E-state index is 12.1. The Bertz CT molecular complexity index is 802. The van der Waals surface area contributed by atoms with E-state index in [2.05, 4.69) is 16.0 Å². The Balaban J connectivity index is 1.31. The number of piperazine rings is 1. The summed E-state index contributed by atoms with van der Waals surface area (Å²) in [6.07, 6.45) is 1.52. The minimum absolute atomic E-state index is 0.0596. The third-order valence-electron chi connectivity index (χ3n) is 4.51. The molecule has 2 heterocycles. The van der Waals surface area contributed by atoms with E-state index in [1.54, 1.807) is 12.1 Å². The Labute approximate surface area is 169 Å². The van der Waals surface area contributed by atoms with Gasteiger partial charge in [-0.2, -0.15) is 0 Å². The van der Waals surface area contributed by atoms with Gasteiger partial charge in [-0.1, -0.05) is 18.2 Å². The summed E-state index contributed by atoms with van der Waals surface area (Å²) in [6.45, 7) is 3.33. The van der Waals surface area contributed by atoms with Gasteiger partial charge in [0, 0.05) is 31.9 Å². The summed E-state index contributed by atoms with van der Waals surface area (Å²) in [7, 11) is 0. The molecule has 1 aromatic carbocycles. The molecule has 154 valence electrons. The predicted molar refractivity (Wildman–Crippen MR) is 107 cm³/mol. The Morgan fingerprint density at radius 1 is 0.862 bits per heavy atom. The first-order chi connectivity index (χ1) is 14.1. The third kappa shape index (κ3) is 7.05. The van der Waals surface area contributed by atoms with Crippen molar-refractivity contribution in [3.05, 3.63) is 54.5 Å². The number of benzene rings is 1. The summed E-state index contributed by atoms with van der Waals surface area (Å²) in [5.74, 6) is 0.188. The molecule has 0 bridgehead atoms. The van der Waals surface area contributed by atoms with Gasteiger partial charge >= 0.3 is 6.03 Å². The zero-order valence-electron chi connectivity index (χ0n) is 16.1. The number of para-hydroxylation sites is 1. The van der Waals surface area contributed by atoms with Crippen LogP contribution < -0.4 is 16.0 Å². The lowest BCUT2D eigenvalue weighted by Crippen LogP contribution is -2.52. The quantitative estimate of drug-likeness (QED) is 0.638. The summed E-state index contributed by atoms with van der Waals surface area (Å²) in [5.41, 5.74) is 0.776. The van der Waals surface area contributed by atoms with Crippen molar-refractivity contribution in [1.82, 2.24) is 20.4 Å². The van der Waals surface area contributed by atoms with Gasteiger partial charge in [-0.05, 0) is 24.3 Å². The molecule has 1 saturated heterocycles. The third-order valence-corrected chi connectivity index (χ3v) is 4.51. The van der Waals surface area contributed by atoms with Crippen molar-refractivity contribution in [1.29, 1.82) is 0 Å². The van der Waals surface area contributed by atoms with E-state index in [9.17, 15) is 14.4 Å². The minimum atomic E-state index is -0.553. The highest BCUT2D eigenvalue weighted by Gasteiger charge is 2.21. The predicted octanol–water partition coefficient (Wildman–Crippen LogP) is 0.862. The van der Waals surface area contributed by atoms with Crippen molar-refractivity contribution in [2.45, 2.75) is 6.54 Å². The Hall–Kier alpha value is -3.17. The average molecular weight is 399 g/mol. The number of hydrogen-bond donors (Lipinski definition) is 3. The monoisotopic (exact) mass is 399 g/mol. The van der Waals surface area contributed by atoms with Gasteiger partial charge in [-0.25, -0.2) is 4.79 Å². The second kappa shape index (κ2) is 10.4. The van der Waals surface area contributed by atoms with Crippen molar-refractivity contribution in [3.63, 3.8) is 0 Å². The lowest BCUT2D eigenvalue weighted by molar-refractivity contribution is -0.122.